The van der Waals surface area contributed by atoms with Crippen molar-refractivity contribution in [1.29, 1.82) is 0 Å². The fourth-order valence-electron chi connectivity index (χ4n) is 1.73. The average Bonchev–Trinajstić information content (AvgIpc) is 2.46. The summed E-state index contributed by atoms with van der Waals surface area (Å²) in [6.07, 6.45) is -0.0316. The van der Waals surface area contributed by atoms with Crippen LogP contribution in [0, 0.1) is 0 Å². The maximum Gasteiger partial charge on any atom is 0.143 e. The van der Waals surface area contributed by atoms with Crippen molar-refractivity contribution in [2.24, 2.45) is 0 Å². The number of hydroxylamine groups is 1. The van der Waals surface area contributed by atoms with Crippen molar-refractivity contribution in [3.63, 3.8) is 0 Å². The Labute approximate surface area is 98.2 Å². The molecule has 3 nitrogen and oxygen atoms in total. The van der Waals surface area contributed by atoms with Gasteiger partial charge in [0.25, 0.3) is 0 Å². The molecule has 0 amide bonds. The summed E-state index contributed by atoms with van der Waals surface area (Å²) in [5.74, 6) is 0.683. The summed E-state index contributed by atoms with van der Waals surface area (Å²) in [6, 6.07) is 3.47. The minimum Gasteiger partial charge on any atom is -0.487 e. The van der Waals surface area contributed by atoms with E-state index in [2.05, 4.69) is 5.48 Å². The van der Waals surface area contributed by atoms with Crippen LogP contribution in [0.3, 0.4) is 0 Å². The molecule has 1 aromatic rings. The Hall–Kier alpha value is -0.480. The highest BCUT2D eigenvalue weighted by molar-refractivity contribution is 6.35. The third kappa shape index (κ3) is 1.93. The third-order valence-corrected chi connectivity index (χ3v) is 2.89. The molecule has 0 aromatic heterocycles. The van der Waals surface area contributed by atoms with Gasteiger partial charge in [-0.1, -0.05) is 23.2 Å². The zero-order valence-corrected chi connectivity index (χ0v) is 9.89. The van der Waals surface area contributed by atoms with E-state index in [1.54, 1.807) is 13.2 Å². The van der Waals surface area contributed by atoms with Crippen molar-refractivity contribution in [3.8, 4) is 5.75 Å². The lowest BCUT2D eigenvalue weighted by atomic mass is 10.1. The second-order valence-electron chi connectivity index (χ2n) is 3.43. The molecule has 82 valence electrons. The van der Waals surface area contributed by atoms with Gasteiger partial charge >= 0.3 is 0 Å². The number of hydrogen-bond acceptors (Lipinski definition) is 3. The lowest BCUT2D eigenvalue weighted by molar-refractivity contribution is 0.0339. The van der Waals surface area contributed by atoms with Crippen LogP contribution in [0.25, 0.3) is 0 Å². The highest BCUT2D eigenvalue weighted by Gasteiger charge is 2.33. The highest BCUT2D eigenvalue weighted by atomic mass is 35.5. The molecule has 0 spiro atoms. The van der Waals surface area contributed by atoms with Crippen molar-refractivity contribution in [2.45, 2.75) is 19.1 Å². The third-order valence-electron chi connectivity index (χ3n) is 2.39. The van der Waals surface area contributed by atoms with Gasteiger partial charge in [-0.3, -0.25) is 0 Å². The monoisotopic (exact) mass is 247 g/mol. The number of halogens is 2. The Bertz CT molecular complexity index is 384. The second-order valence-corrected chi connectivity index (χ2v) is 4.27. The van der Waals surface area contributed by atoms with E-state index >= 15 is 0 Å². The van der Waals surface area contributed by atoms with E-state index in [4.69, 9.17) is 32.8 Å². The van der Waals surface area contributed by atoms with Gasteiger partial charge in [0, 0.05) is 10.6 Å². The van der Waals surface area contributed by atoms with Crippen molar-refractivity contribution in [2.75, 3.05) is 7.11 Å². The van der Waals surface area contributed by atoms with Crippen molar-refractivity contribution < 1.29 is 9.57 Å². The number of hydrogen-bond donors (Lipinski definition) is 1. The van der Waals surface area contributed by atoms with Crippen molar-refractivity contribution in [1.82, 2.24) is 5.48 Å². The van der Waals surface area contributed by atoms with E-state index in [1.807, 2.05) is 13.0 Å². The number of fused-ring (bicyclic) bond motifs is 1. The summed E-state index contributed by atoms with van der Waals surface area (Å²) < 4.78 is 5.62. The Morgan fingerprint density at radius 1 is 1.40 bits per heavy atom. The second kappa shape index (κ2) is 4.18. The normalized spacial score (nSPS) is 23.7. The van der Waals surface area contributed by atoms with E-state index in [9.17, 15) is 0 Å². The quantitative estimate of drug-likeness (QED) is 0.816. The summed E-state index contributed by atoms with van der Waals surface area (Å²) in [7, 11) is 1.57. The number of ether oxygens (including phenoxy) is 1. The van der Waals surface area contributed by atoms with Crippen LogP contribution < -0.4 is 10.2 Å². The molecule has 1 heterocycles. The van der Waals surface area contributed by atoms with Crippen LogP contribution in [-0.2, 0) is 4.84 Å². The number of benzene rings is 1. The maximum atomic E-state index is 6.03. The van der Waals surface area contributed by atoms with Crippen LogP contribution in [0.5, 0.6) is 5.75 Å². The van der Waals surface area contributed by atoms with Crippen molar-refractivity contribution >= 4 is 23.2 Å². The first kappa shape index (κ1) is 11.0. The minimum absolute atomic E-state index is 0.0316. The fourth-order valence-corrected chi connectivity index (χ4v) is 2.28. The first-order chi connectivity index (χ1) is 7.13. The Kier molecular flexibility index (Phi) is 3.07. The summed E-state index contributed by atoms with van der Waals surface area (Å²) >= 11 is 12.0. The standard InChI is InChI=1S/C10H11Cl2NO2/c1-5-9(13-14-2)7-3-6(11)4-8(12)10(7)15-5/h3-5,9,13H,1-2H3. The van der Waals surface area contributed by atoms with Crippen molar-refractivity contribution in [3.05, 3.63) is 27.7 Å². The van der Waals surface area contributed by atoms with Crippen LogP contribution in [0.4, 0.5) is 0 Å². The summed E-state index contributed by atoms with van der Waals surface area (Å²) in [5, 5.41) is 1.13. The topological polar surface area (TPSA) is 30.5 Å². The molecule has 1 aliphatic rings. The molecule has 1 N–H and O–H groups in total. The molecule has 15 heavy (non-hydrogen) atoms. The number of rotatable bonds is 2. The molecular weight excluding hydrogens is 237 g/mol. The van der Waals surface area contributed by atoms with E-state index in [0.29, 0.717) is 15.8 Å². The lowest BCUT2D eigenvalue weighted by Crippen LogP contribution is -2.27. The Balaban J connectivity index is 2.43. The summed E-state index contributed by atoms with van der Waals surface area (Å²) in [4.78, 5) is 4.92. The van der Waals surface area contributed by atoms with Crippen LogP contribution in [0.2, 0.25) is 10.0 Å². The van der Waals surface area contributed by atoms with Crippen LogP contribution in [0.15, 0.2) is 12.1 Å². The van der Waals surface area contributed by atoms with Gasteiger partial charge in [-0.15, -0.1) is 0 Å². The smallest absolute Gasteiger partial charge is 0.143 e. The molecule has 0 radical (unpaired) electrons. The van der Waals surface area contributed by atoms with E-state index in [1.165, 1.54) is 0 Å². The summed E-state index contributed by atoms with van der Waals surface area (Å²) in [5.41, 5.74) is 3.79. The zero-order valence-electron chi connectivity index (χ0n) is 8.38. The zero-order chi connectivity index (χ0) is 11.0. The van der Waals surface area contributed by atoms with Gasteiger partial charge in [-0.2, -0.15) is 5.48 Å². The molecule has 5 heteroatoms. The van der Waals surface area contributed by atoms with Gasteiger partial charge in [-0.25, -0.2) is 0 Å². The molecule has 2 rings (SSSR count). The Morgan fingerprint density at radius 3 is 2.80 bits per heavy atom. The van der Waals surface area contributed by atoms with Gasteiger partial charge in [0.1, 0.15) is 11.9 Å². The van der Waals surface area contributed by atoms with Crippen LogP contribution >= 0.6 is 23.2 Å². The van der Waals surface area contributed by atoms with E-state index < -0.39 is 0 Å². The minimum atomic E-state index is -0.0406. The SMILES string of the molecule is CONC1c2cc(Cl)cc(Cl)c2OC1C. The van der Waals surface area contributed by atoms with Gasteiger partial charge < -0.3 is 9.57 Å². The predicted octanol–water partition coefficient (Wildman–Crippen LogP) is 2.97. The van der Waals surface area contributed by atoms with Gasteiger partial charge in [-0.05, 0) is 19.1 Å². The van der Waals surface area contributed by atoms with E-state index in [-0.39, 0.29) is 12.1 Å². The summed E-state index contributed by atoms with van der Waals surface area (Å²) in [6.45, 7) is 1.95. The first-order valence-corrected chi connectivity index (χ1v) is 5.33. The fraction of sp³-hybridized carbons (Fsp3) is 0.400. The first-order valence-electron chi connectivity index (χ1n) is 4.57. The molecule has 0 saturated heterocycles. The van der Waals surface area contributed by atoms with Crippen LogP contribution in [0.1, 0.15) is 18.5 Å². The Morgan fingerprint density at radius 2 is 2.13 bits per heavy atom. The molecule has 0 fully saturated rings. The molecule has 1 aliphatic heterocycles. The molecule has 2 atom stereocenters. The molecule has 1 aromatic carbocycles. The highest BCUT2D eigenvalue weighted by Crippen LogP contribution is 2.43. The van der Waals surface area contributed by atoms with Gasteiger partial charge in [0.05, 0.1) is 18.2 Å². The molecule has 0 bridgehead atoms. The van der Waals surface area contributed by atoms with Gasteiger partial charge in [0.2, 0.25) is 0 Å². The number of nitrogens with one attached hydrogen (secondary N) is 1. The molecule has 0 saturated carbocycles. The molecule has 2 unspecified atom stereocenters. The molecular formula is C10H11Cl2NO2. The molecule has 0 aliphatic carbocycles. The average molecular weight is 248 g/mol. The largest absolute Gasteiger partial charge is 0.487 e. The predicted molar refractivity (Wildman–Crippen MR) is 59.4 cm³/mol. The van der Waals surface area contributed by atoms with Gasteiger partial charge in [0.15, 0.2) is 0 Å². The van der Waals surface area contributed by atoms with E-state index in [0.717, 1.165) is 5.56 Å². The maximum absolute atomic E-state index is 6.03. The lowest BCUT2D eigenvalue weighted by Gasteiger charge is -2.14. The van der Waals surface area contributed by atoms with Crippen LogP contribution in [-0.4, -0.2) is 13.2 Å².